The molecule has 0 saturated heterocycles. The molecule has 0 bridgehead atoms. The lowest BCUT2D eigenvalue weighted by Gasteiger charge is -2.14. The van der Waals surface area contributed by atoms with Gasteiger partial charge in [0.1, 0.15) is 0 Å². The van der Waals surface area contributed by atoms with Crippen molar-refractivity contribution in [2.75, 3.05) is 6.54 Å². The topological polar surface area (TPSA) is 41.1 Å². The summed E-state index contributed by atoms with van der Waals surface area (Å²) in [7, 11) is 0. The quantitative estimate of drug-likeness (QED) is 0.600. The zero-order valence-electron chi connectivity index (χ0n) is 14.1. The molecule has 1 unspecified atom stereocenters. The molecule has 1 atom stereocenters. The van der Waals surface area contributed by atoms with Crippen molar-refractivity contribution in [1.29, 1.82) is 0 Å². The monoisotopic (exact) mass is 382 g/mol. The number of rotatable bonds is 3. The van der Waals surface area contributed by atoms with Gasteiger partial charge in [-0.1, -0.05) is 24.0 Å². The predicted molar refractivity (Wildman–Crippen MR) is 89.6 cm³/mol. The molecule has 0 aliphatic rings. The lowest BCUT2D eigenvalue weighted by Crippen LogP contribution is -2.37. The van der Waals surface area contributed by atoms with Crippen LogP contribution in [0.2, 0.25) is 0 Å². The Hall–Kier alpha value is -3.08. The van der Waals surface area contributed by atoms with E-state index in [4.69, 9.17) is 0 Å². The van der Waals surface area contributed by atoms with Crippen LogP contribution in [-0.2, 0) is 6.18 Å². The van der Waals surface area contributed by atoms with Gasteiger partial charge in [0.25, 0.3) is 0 Å². The van der Waals surface area contributed by atoms with Crippen LogP contribution >= 0.6 is 0 Å². The van der Waals surface area contributed by atoms with Gasteiger partial charge < -0.3 is 10.6 Å². The number of halogens is 5. The van der Waals surface area contributed by atoms with Crippen molar-refractivity contribution in [3.05, 3.63) is 70.8 Å². The minimum absolute atomic E-state index is 0.105. The molecule has 142 valence electrons. The Morgan fingerprint density at radius 2 is 1.85 bits per heavy atom. The zero-order chi connectivity index (χ0) is 20.0. The van der Waals surface area contributed by atoms with E-state index in [0.717, 1.165) is 24.3 Å². The van der Waals surface area contributed by atoms with E-state index in [9.17, 15) is 26.7 Å². The summed E-state index contributed by atoms with van der Waals surface area (Å²) in [5, 5.41) is 4.93. The average molecular weight is 382 g/mol. The third-order valence-electron chi connectivity index (χ3n) is 3.55. The van der Waals surface area contributed by atoms with Gasteiger partial charge in [0.2, 0.25) is 0 Å². The third kappa shape index (κ3) is 5.99. The summed E-state index contributed by atoms with van der Waals surface area (Å²) in [6.07, 6.45) is -4.45. The van der Waals surface area contributed by atoms with E-state index in [2.05, 4.69) is 22.5 Å². The predicted octanol–water partition coefficient (Wildman–Crippen LogP) is 4.40. The molecule has 0 aromatic heterocycles. The van der Waals surface area contributed by atoms with E-state index in [-0.39, 0.29) is 12.1 Å². The number of benzene rings is 2. The summed E-state index contributed by atoms with van der Waals surface area (Å²) in [6.45, 7) is 1.48. The molecule has 0 radical (unpaired) electrons. The van der Waals surface area contributed by atoms with Gasteiger partial charge in [0.05, 0.1) is 18.2 Å². The van der Waals surface area contributed by atoms with Gasteiger partial charge in [0.15, 0.2) is 11.6 Å². The molecule has 2 amide bonds. The highest BCUT2D eigenvalue weighted by atomic mass is 19.4. The molecule has 3 nitrogen and oxygen atoms in total. The molecule has 0 aliphatic carbocycles. The lowest BCUT2D eigenvalue weighted by molar-refractivity contribution is -0.137. The minimum Gasteiger partial charge on any atom is -0.332 e. The second-order valence-corrected chi connectivity index (χ2v) is 5.60. The maximum Gasteiger partial charge on any atom is 0.416 e. The molecule has 0 fully saturated rings. The van der Waals surface area contributed by atoms with Gasteiger partial charge in [-0.05, 0) is 42.8 Å². The fourth-order valence-corrected chi connectivity index (χ4v) is 2.16. The number of carbonyl (C=O) groups excluding carboxylic acids is 1. The standard InChI is InChI=1S/C19H15F5N2O/c1-12(14-7-8-16(20)17(21)11-14)26-18(27)25-9-3-5-13-4-2-6-15(10-13)19(22,23)24/h2,4,6-8,10-12H,9H2,1H3,(H2,25,26,27). The van der Waals surface area contributed by atoms with Gasteiger partial charge in [-0.3, -0.25) is 0 Å². The summed E-state index contributed by atoms with van der Waals surface area (Å²) >= 11 is 0. The number of hydrogen-bond acceptors (Lipinski definition) is 1. The molecule has 27 heavy (non-hydrogen) atoms. The minimum atomic E-state index is -4.45. The number of urea groups is 1. The highest BCUT2D eigenvalue weighted by Crippen LogP contribution is 2.29. The summed E-state index contributed by atoms with van der Waals surface area (Å²) in [5.41, 5.74) is -0.262. The molecule has 0 heterocycles. The largest absolute Gasteiger partial charge is 0.416 e. The second-order valence-electron chi connectivity index (χ2n) is 5.60. The first-order valence-corrected chi connectivity index (χ1v) is 7.82. The fourth-order valence-electron chi connectivity index (χ4n) is 2.16. The molecule has 0 spiro atoms. The van der Waals surface area contributed by atoms with Crippen molar-refractivity contribution in [2.45, 2.75) is 19.1 Å². The Labute approximate surface area is 152 Å². The van der Waals surface area contributed by atoms with Gasteiger partial charge in [-0.25, -0.2) is 13.6 Å². The zero-order valence-corrected chi connectivity index (χ0v) is 14.1. The molecular weight excluding hydrogens is 367 g/mol. The van der Waals surface area contributed by atoms with Crippen LogP contribution in [0.4, 0.5) is 26.7 Å². The Balaban J connectivity index is 1.88. The van der Waals surface area contributed by atoms with E-state index in [1.807, 2.05) is 0 Å². The van der Waals surface area contributed by atoms with Crippen molar-refractivity contribution < 1.29 is 26.7 Å². The van der Waals surface area contributed by atoms with Gasteiger partial charge >= 0.3 is 12.2 Å². The van der Waals surface area contributed by atoms with Crippen LogP contribution in [0.1, 0.15) is 29.7 Å². The SMILES string of the molecule is CC(NC(=O)NCC#Cc1cccc(C(F)(F)F)c1)c1ccc(F)c(F)c1. The molecule has 2 aromatic rings. The van der Waals surface area contributed by atoms with Crippen molar-refractivity contribution in [2.24, 2.45) is 0 Å². The lowest BCUT2D eigenvalue weighted by atomic mass is 10.1. The Morgan fingerprint density at radius 1 is 1.11 bits per heavy atom. The first kappa shape index (κ1) is 20.2. The fraction of sp³-hybridized carbons (Fsp3) is 0.211. The normalized spacial score (nSPS) is 11.9. The number of carbonyl (C=O) groups is 1. The highest BCUT2D eigenvalue weighted by Gasteiger charge is 2.30. The van der Waals surface area contributed by atoms with Crippen molar-refractivity contribution in [3.8, 4) is 11.8 Å². The smallest absolute Gasteiger partial charge is 0.332 e. The summed E-state index contributed by atoms with van der Waals surface area (Å²) in [5.74, 6) is 3.06. The van der Waals surface area contributed by atoms with E-state index in [0.29, 0.717) is 5.56 Å². The van der Waals surface area contributed by atoms with Crippen LogP contribution in [0.5, 0.6) is 0 Å². The van der Waals surface area contributed by atoms with Gasteiger partial charge in [-0.2, -0.15) is 13.2 Å². The molecule has 2 rings (SSSR count). The second kappa shape index (κ2) is 8.54. The van der Waals surface area contributed by atoms with Crippen molar-refractivity contribution >= 4 is 6.03 Å². The number of amides is 2. The number of alkyl halides is 3. The van der Waals surface area contributed by atoms with E-state index < -0.39 is 35.4 Å². The molecular formula is C19H15F5N2O. The number of nitrogens with one attached hydrogen (secondary N) is 2. The van der Waals surface area contributed by atoms with Gasteiger partial charge in [0, 0.05) is 5.56 Å². The van der Waals surface area contributed by atoms with E-state index >= 15 is 0 Å². The van der Waals surface area contributed by atoms with E-state index in [1.165, 1.54) is 18.2 Å². The van der Waals surface area contributed by atoms with Crippen molar-refractivity contribution in [3.63, 3.8) is 0 Å². The molecule has 0 aliphatic heterocycles. The first-order valence-electron chi connectivity index (χ1n) is 7.82. The van der Waals surface area contributed by atoms with E-state index in [1.54, 1.807) is 6.92 Å². The summed E-state index contributed by atoms with van der Waals surface area (Å²) < 4.78 is 63.9. The average Bonchev–Trinajstić information content (AvgIpc) is 2.60. The highest BCUT2D eigenvalue weighted by molar-refractivity contribution is 5.74. The molecule has 0 saturated carbocycles. The molecule has 2 aromatic carbocycles. The van der Waals surface area contributed by atoms with Crippen LogP contribution in [-0.4, -0.2) is 12.6 Å². The van der Waals surface area contributed by atoms with Crippen LogP contribution in [0.15, 0.2) is 42.5 Å². The molecule has 8 heteroatoms. The van der Waals surface area contributed by atoms with Crippen molar-refractivity contribution in [1.82, 2.24) is 10.6 Å². The summed E-state index contributed by atoms with van der Waals surface area (Å²) in [6, 6.07) is 6.62. The van der Waals surface area contributed by atoms with Crippen LogP contribution in [0.25, 0.3) is 0 Å². The Kier molecular flexibility index (Phi) is 6.40. The first-order chi connectivity index (χ1) is 12.7. The summed E-state index contributed by atoms with van der Waals surface area (Å²) in [4.78, 5) is 11.8. The Bertz CT molecular complexity index is 884. The van der Waals surface area contributed by atoms with Gasteiger partial charge in [-0.15, -0.1) is 0 Å². The maximum atomic E-state index is 13.2. The van der Waals surface area contributed by atoms with Crippen LogP contribution in [0, 0.1) is 23.5 Å². The molecule has 2 N–H and O–H groups in total. The van der Waals surface area contributed by atoms with Crippen LogP contribution in [0.3, 0.4) is 0 Å². The Morgan fingerprint density at radius 3 is 2.52 bits per heavy atom. The maximum absolute atomic E-state index is 13.2. The third-order valence-corrected chi connectivity index (χ3v) is 3.55. The van der Waals surface area contributed by atoms with Crippen LogP contribution < -0.4 is 10.6 Å². The number of hydrogen-bond donors (Lipinski definition) is 2.